The number of hydrogen-bond acceptors (Lipinski definition) is 4. The highest BCUT2D eigenvalue weighted by Gasteiger charge is 2.33. The number of aromatic nitrogens is 1. The number of halogens is 4. The molecule has 166 valence electrons. The topological polar surface area (TPSA) is 49.0 Å². The Hall–Kier alpha value is -3.45. The minimum Gasteiger partial charge on any atom is -0.387 e. The monoisotopic (exact) mass is 458 g/mol. The Kier molecular flexibility index (Phi) is 7.10. The second kappa shape index (κ2) is 9.78. The molecule has 32 heavy (non-hydrogen) atoms. The summed E-state index contributed by atoms with van der Waals surface area (Å²) in [6.07, 6.45) is -2.06. The van der Waals surface area contributed by atoms with Gasteiger partial charge in [0.25, 0.3) is 0 Å². The number of rotatable bonds is 8. The minimum absolute atomic E-state index is 0.229. The molecule has 4 nitrogen and oxygen atoms in total. The van der Waals surface area contributed by atoms with Crippen molar-refractivity contribution in [3.63, 3.8) is 0 Å². The van der Waals surface area contributed by atoms with Crippen LogP contribution in [-0.2, 0) is 12.6 Å². The highest BCUT2D eigenvalue weighted by molar-refractivity contribution is 6.31. The van der Waals surface area contributed by atoms with Crippen LogP contribution in [0.1, 0.15) is 22.4 Å². The summed E-state index contributed by atoms with van der Waals surface area (Å²) in [5.74, 6) is 0.331. The summed E-state index contributed by atoms with van der Waals surface area (Å²) in [5.41, 5.74) is 3.80. The Morgan fingerprint density at radius 3 is 2.25 bits per heavy atom. The average molecular weight is 459 g/mol. The van der Waals surface area contributed by atoms with Crippen LogP contribution in [0.5, 0.6) is 0 Å². The van der Waals surface area contributed by atoms with Gasteiger partial charge in [0, 0.05) is 24.6 Å². The van der Waals surface area contributed by atoms with E-state index >= 15 is 0 Å². The van der Waals surface area contributed by atoms with Crippen molar-refractivity contribution in [1.82, 2.24) is 10.3 Å². The molecule has 0 bridgehead atoms. The fourth-order valence-corrected chi connectivity index (χ4v) is 3.24. The van der Waals surface area contributed by atoms with Gasteiger partial charge in [-0.05, 0) is 60.0 Å². The van der Waals surface area contributed by atoms with E-state index in [1.807, 2.05) is 36.4 Å². The number of hydrogen-bond donors (Lipinski definition) is 3. The summed E-state index contributed by atoms with van der Waals surface area (Å²) in [4.78, 5) is 4.30. The molecule has 0 amide bonds. The van der Waals surface area contributed by atoms with E-state index in [0.29, 0.717) is 5.82 Å². The molecule has 0 spiro atoms. The predicted octanol–water partition coefficient (Wildman–Crippen LogP) is 6.53. The van der Waals surface area contributed by atoms with E-state index in [9.17, 15) is 13.2 Å². The van der Waals surface area contributed by atoms with E-state index in [-0.39, 0.29) is 10.7 Å². The molecule has 0 aliphatic rings. The molecular weight excluding hydrogens is 437 g/mol. The number of anilines is 2. The highest BCUT2D eigenvalue weighted by atomic mass is 35.5. The van der Waals surface area contributed by atoms with Gasteiger partial charge >= 0.3 is 6.18 Å². The SMILES string of the molecule is C=C(Nc1ccc(Cc2ccnc(C(=C)NC)c2)cc1)Nc1ccc(Cl)c(C(F)(F)F)c1. The van der Waals surface area contributed by atoms with Gasteiger partial charge in [0.05, 0.1) is 22.0 Å². The first kappa shape index (κ1) is 23.2. The summed E-state index contributed by atoms with van der Waals surface area (Å²) < 4.78 is 39.1. The van der Waals surface area contributed by atoms with Crippen LogP contribution in [0.15, 0.2) is 79.8 Å². The lowest BCUT2D eigenvalue weighted by Gasteiger charge is -2.15. The minimum atomic E-state index is -4.53. The van der Waals surface area contributed by atoms with Crippen molar-refractivity contribution in [2.75, 3.05) is 17.7 Å². The van der Waals surface area contributed by atoms with E-state index < -0.39 is 11.7 Å². The molecule has 2 aromatic carbocycles. The fourth-order valence-electron chi connectivity index (χ4n) is 3.02. The maximum Gasteiger partial charge on any atom is 0.417 e. The Morgan fingerprint density at radius 2 is 1.59 bits per heavy atom. The maximum atomic E-state index is 13.0. The molecule has 1 heterocycles. The van der Waals surface area contributed by atoms with Crippen LogP contribution in [0.4, 0.5) is 24.5 Å². The lowest BCUT2D eigenvalue weighted by atomic mass is 10.0. The Bertz CT molecular complexity index is 1120. The Morgan fingerprint density at radius 1 is 0.938 bits per heavy atom. The first-order valence-corrected chi connectivity index (χ1v) is 10.0. The van der Waals surface area contributed by atoms with Crippen LogP contribution in [0.25, 0.3) is 5.70 Å². The van der Waals surface area contributed by atoms with Gasteiger partial charge in [-0.25, -0.2) is 0 Å². The Balaban J connectivity index is 1.62. The van der Waals surface area contributed by atoms with Crippen molar-refractivity contribution in [2.45, 2.75) is 12.6 Å². The molecule has 3 rings (SSSR count). The molecule has 3 aromatic rings. The molecule has 0 unspecified atom stereocenters. The third-order valence-corrected chi connectivity index (χ3v) is 4.99. The summed E-state index contributed by atoms with van der Waals surface area (Å²) in [6.45, 7) is 7.75. The third-order valence-electron chi connectivity index (χ3n) is 4.66. The van der Waals surface area contributed by atoms with E-state index in [1.165, 1.54) is 12.1 Å². The smallest absolute Gasteiger partial charge is 0.387 e. The summed E-state index contributed by atoms with van der Waals surface area (Å²) in [5, 5.41) is 8.49. The standard InChI is InChI=1S/C24H22ClF3N4/c1-15(29-3)23-13-18(10-11-30-23)12-17-4-6-19(7-5-17)31-16(2)32-20-8-9-22(25)21(14-20)24(26,27)28/h4-11,13-14,29,31-32H,1-2,12H2,3H3. The van der Waals surface area contributed by atoms with Crippen LogP contribution in [-0.4, -0.2) is 12.0 Å². The fraction of sp³-hybridized carbons (Fsp3) is 0.125. The first-order chi connectivity index (χ1) is 15.2. The van der Waals surface area contributed by atoms with E-state index in [4.69, 9.17) is 11.6 Å². The van der Waals surface area contributed by atoms with Crippen molar-refractivity contribution in [3.05, 3.63) is 107 Å². The largest absolute Gasteiger partial charge is 0.417 e. The van der Waals surface area contributed by atoms with Gasteiger partial charge in [-0.3, -0.25) is 4.98 Å². The molecule has 0 fully saturated rings. The molecule has 0 atom stereocenters. The zero-order valence-corrected chi connectivity index (χ0v) is 18.1. The van der Waals surface area contributed by atoms with Crippen molar-refractivity contribution in [2.24, 2.45) is 0 Å². The van der Waals surface area contributed by atoms with Gasteiger partial charge in [-0.15, -0.1) is 0 Å². The van der Waals surface area contributed by atoms with Crippen molar-refractivity contribution >= 4 is 28.7 Å². The van der Waals surface area contributed by atoms with Crippen LogP contribution in [0, 0.1) is 0 Å². The van der Waals surface area contributed by atoms with Gasteiger partial charge in [-0.2, -0.15) is 13.2 Å². The zero-order valence-electron chi connectivity index (χ0n) is 17.4. The highest BCUT2D eigenvalue weighted by Crippen LogP contribution is 2.36. The van der Waals surface area contributed by atoms with Crippen molar-refractivity contribution in [3.8, 4) is 0 Å². The summed E-state index contributed by atoms with van der Waals surface area (Å²) in [6, 6.07) is 15.2. The average Bonchev–Trinajstić information content (AvgIpc) is 2.75. The van der Waals surface area contributed by atoms with E-state index in [1.54, 1.807) is 13.2 Å². The molecular formula is C24H22ClF3N4. The molecule has 1 aromatic heterocycles. The van der Waals surface area contributed by atoms with Gasteiger partial charge in [0.2, 0.25) is 0 Å². The molecule has 0 aliphatic carbocycles. The molecule has 0 saturated heterocycles. The number of nitrogens with zero attached hydrogens (tertiary/aromatic N) is 1. The van der Waals surface area contributed by atoms with Crippen molar-refractivity contribution < 1.29 is 13.2 Å². The predicted molar refractivity (Wildman–Crippen MR) is 124 cm³/mol. The second-order valence-corrected chi connectivity index (χ2v) is 7.48. The van der Waals surface area contributed by atoms with Crippen LogP contribution in [0.3, 0.4) is 0 Å². The normalized spacial score (nSPS) is 11.0. The van der Waals surface area contributed by atoms with Crippen LogP contribution < -0.4 is 16.0 Å². The molecule has 0 radical (unpaired) electrons. The maximum absolute atomic E-state index is 13.0. The molecule has 3 N–H and O–H groups in total. The van der Waals surface area contributed by atoms with E-state index in [0.717, 1.165) is 40.7 Å². The molecule has 0 saturated carbocycles. The van der Waals surface area contributed by atoms with E-state index in [2.05, 4.69) is 34.1 Å². The number of benzene rings is 2. The Labute approximate surface area is 189 Å². The lowest BCUT2D eigenvalue weighted by Crippen LogP contribution is -2.10. The van der Waals surface area contributed by atoms with Crippen molar-refractivity contribution in [1.29, 1.82) is 0 Å². The zero-order chi connectivity index (χ0) is 23.3. The first-order valence-electron chi connectivity index (χ1n) is 9.66. The van der Waals surface area contributed by atoms with Crippen LogP contribution in [0.2, 0.25) is 5.02 Å². The lowest BCUT2D eigenvalue weighted by molar-refractivity contribution is -0.137. The summed E-state index contributed by atoms with van der Waals surface area (Å²) >= 11 is 5.65. The molecule has 0 aliphatic heterocycles. The number of nitrogens with one attached hydrogen (secondary N) is 3. The van der Waals surface area contributed by atoms with Gasteiger partial charge in [-0.1, -0.05) is 36.9 Å². The van der Waals surface area contributed by atoms with Crippen LogP contribution >= 0.6 is 11.6 Å². The van der Waals surface area contributed by atoms with Gasteiger partial charge in [0.1, 0.15) is 5.82 Å². The quantitative estimate of drug-likeness (QED) is 0.359. The van der Waals surface area contributed by atoms with Gasteiger partial charge in [0.15, 0.2) is 0 Å². The summed E-state index contributed by atoms with van der Waals surface area (Å²) in [7, 11) is 1.80. The third kappa shape index (κ3) is 6.04. The number of alkyl halides is 3. The number of pyridine rings is 1. The molecule has 8 heteroatoms. The van der Waals surface area contributed by atoms with Gasteiger partial charge < -0.3 is 16.0 Å². The second-order valence-electron chi connectivity index (χ2n) is 7.07.